The van der Waals surface area contributed by atoms with Gasteiger partial charge in [0.1, 0.15) is 23.9 Å². The van der Waals surface area contributed by atoms with Gasteiger partial charge in [-0.15, -0.1) is 0 Å². The van der Waals surface area contributed by atoms with Crippen LogP contribution in [0.4, 0.5) is 0 Å². The maximum atomic E-state index is 12.6. The number of para-hydroxylation sites is 1. The number of aryl methyl sites for hydroxylation is 1. The molecule has 124 valence electrons. The zero-order valence-electron chi connectivity index (χ0n) is 13.9. The van der Waals surface area contributed by atoms with Crippen LogP contribution in [0.1, 0.15) is 12.7 Å². The fourth-order valence-corrected chi connectivity index (χ4v) is 2.62. The highest BCUT2D eigenvalue weighted by atomic mass is 16.5. The van der Waals surface area contributed by atoms with Crippen LogP contribution in [-0.4, -0.2) is 22.8 Å². The molecule has 5 nitrogen and oxygen atoms in total. The minimum atomic E-state index is -0.0373. The topological polar surface area (TPSA) is 53.4 Å². The van der Waals surface area contributed by atoms with Crippen LogP contribution in [0.2, 0.25) is 0 Å². The highest BCUT2D eigenvalue weighted by Crippen LogP contribution is 2.19. The smallest absolute Gasteiger partial charge is 0.261 e. The molecule has 0 radical (unpaired) electrons. The van der Waals surface area contributed by atoms with E-state index < -0.39 is 0 Å². The van der Waals surface area contributed by atoms with Gasteiger partial charge in [0.05, 0.1) is 24.1 Å². The van der Waals surface area contributed by atoms with Crippen molar-refractivity contribution >= 4 is 10.9 Å². The van der Waals surface area contributed by atoms with Gasteiger partial charge in [0.15, 0.2) is 0 Å². The lowest BCUT2D eigenvalue weighted by Gasteiger charge is -2.12. The highest BCUT2D eigenvalue weighted by molar-refractivity contribution is 5.77. The lowest BCUT2D eigenvalue weighted by atomic mass is 10.2. The van der Waals surface area contributed by atoms with Crippen molar-refractivity contribution < 1.29 is 9.47 Å². The lowest BCUT2D eigenvalue weighted by Crippen LogP contribution is -2.26. The molecule has 0 N–H and O–H groups in total. The van der Waals surface area contributed by atoms with Gasteiger partial charge in [0.25, 0.3) is 5.56 Å². The molecule has 0 aliphatic rings. The Bertz CT molecular complexity index is 902. The van der Waals surface area contributed by atoms with Crippen LogP contribution >= 0.6 is 0 Å². The summed E-state index contributed by atoms with van der Waals surface area (Å²) < 4.78 is 12.9. The van der Waals surface area contributed by atoms with E-state index in [0.717, 1.165) is 17.0 Å². The van der Waals surface area contributed by atoms with E-state index in [0.29, 0.717) is 31.0 Å². The van der Waals surface area contributed by atoms with E-state index >= 15 is 0 Å². The Morgan fingerprint density at radius 2 is 1.79 bits per heavy atom. The molecular formula is C19H20N2O3. The highest BCUT2D eigenvalue weighted by Gasteiger charge is 2.07. The third-order valence-electron chi connectivity index (χ3n) is 3.75. The van der Waals surface area contributed by atoms with E-state index in [2.05, 4.69) is 4.98 Å². The normalized spacial score (nSPS) is 10.8. The first-order valence-corrected chi connectivity index (χ1v) is 8.01. The van der Waals surface area contributed by atoms with Crippen LogP contribution in [0.5, 0.6) is 11.5 Å². The zero-order chi connectivity index (χ0) is 16.9. The standard InChI is InChI=1S/C19H20N2O3/c1-3-23-15-7-6-8-16(13-15)24-12-11-21-14(2)20-18-10-5-4-9-17(18)19(21)22/h4-10,13H,3,11-12H2,1-2H3. The number of hydrogen-bond donors (Lipinski definition) is 0. The van der Waals surface area contributed by atoms with Crippen molar-refractivity contribution in [2.45, 2.75) is 20.4 Å². The summed E-state index contributed by atoms with van der Waals surface area (Å²) in [5, 5.41) is 0.626. The van der Waals surface area contributed by atoms with Crippen LogP contribution in [0.15, 0.2) is 53.3 Å². The van der Waals surface area contributed by atoms with Gasteiger partial charge < -0.3 is 9.47 Å². The van der Waals surface area contributed by atoms with E-state index in [1.54, 1.807) is 10.6 Å². The van der Waals surface area contributed by atoms with Crippen molar-refractivity contribution in [2.24, 2.45) is 0 Å². The Morgan fingerprint density at radius 3 is 2.58 bits per heavy atom. The first-order chi connectivity index (χ1) is 11.7. The number of aromatic nitrogens is 2. The minimum Gasteiger partial charge on any atom is -0.494 e. The van der Waals surface area contributed by atoms with E-state index in [9.17, 15) is 4.79 Å². The fraction of sp³-hybridized carbons (Fsp3) is 0.263. The van der Waals surface area contributed by atoms with Gasteiger partial charge in [0.2, 0.25) is 0 Å². The molecule has 0 unspecified atom stereocenters. The van der Waals surface area contributed by atoms with Gasteiger partial charge >= 0.3 is 0 Å². The quantitative estimate of drug-likeness (QED) is 0.699. The van der Waals surface area contributed by atoms with Crippen LogP contribution < -0.4 is 15.0 Å². The summed E-state index contributed by atoms with van der Waals surface area (Å²) in [7, 11) is 0. The first kappa shape index (κ1) is 16.1. The van der Waals surface area contributed by atoms with E-state index in [1.807, 2.05) is 56.3 Å². The second kappa shape index (κ2) is 7.17. The maximum absolute atomic E-state index is 12.6. The fourth-order valence-electron chi connectivity index (χ4n) is 2.62. The van der Waals surface area contributed by atoms with Crippen LogP contribution in [0, 0.1) is 6.92 Å². The summed E-state index contributed by atoms with van der Waals surface area (Å²) in [5.74, 6) is 2.18. The van der Waals surface area contributed by atoms with Crippen molar-refractivity contribution in [3.8, 4) is 11.5 Å². The maximum Gasteiger partial charge on any atom is 0.261 e. The second-order valence-corrected chi connectivity index (χ2v) is 5.39. The molecule has 0 atom stereocenters. The average Bonchev–Trinajstić information content (AvgIpc) is 2.58. The molecule has 3 rings (SSSR count). The molecule has 0 saturated carbocycles. The summed E-state index contributed by atoms with van der Waals surface area (Å²) >= 11 is 0. The predicted octanol–water partition coefficient (Wildman–Crippen LogP) is 3.18. The number of rotatable bonds is 6. The SMILES string of the molecule is CCOc1cccc(OCCn2c(C)nc3ccccc3c2=O)c1. The molecular weight excluding hydrogens is 304 g/mol. The first-order valence-electron chi connectivity index (χ1n) is 8.01. The number of fused-ring (bicyclic) bond motifs is 1. The van der Waals surface area contributed by atoms with Crippen molar-refractivity contribution in [2.75, 3.05) is 13.2 Å². The Morgan fingerprint density at radius 1 is 1.04 bits per heavy atom. The molecule has 0 aliphatic heterocycles. The van der Waals surface area contributed by atoms with Gasteiger partial charge in [-0.05, 0) is 38.1 Å². The van der Waals surface area contributed by atoms with E-state index in [-0.39, 0.29) is 5.56 Å². The van der Waals surface area contributed by atoms with Crippen LogP contribution in [0.25, 0.3) is 10.9 Å². The average molecular weight is 324 g/mol. The number of benzene rings is 2. The Kier molecular flexibility index (Phi) is 4.79. The molecule has 0 spiro atoms. The van der Waals surface area contributed by atoms with E-state index in [1.165, 1.54) is 0 Å². The lowest BCUT2D eigenvalue weighted by molar-refractivity contribution is 0.290. The second-order valence-electron chi connectivity index (χ2n) is 5.39. The van der Waals surface area contributed by atoms with E-state index in [4.69, 9.17) is 9.47 Å². The largest absolute Gasteiger partial charge is 0.494 e. The summed E-state index contributed by atoms with van der Waals surface area (Å²) in [4.78, 5) is 17.1. The third kappa shape index (κ3) is 3.40. The van der Waals surface area contributed by atoms with Crippen molar-refractivity contribution in [3.05, 3.63) is 64.7 Å². The molecule has 5 heteroatoms. The number of nitrogens with zero attached hydrogens (tertiary/aromatic N) is 2. The molecule has 3 aromatic rings. The van der Waals surface area contributed by atoms with Crippen LogP contribution in [-0.2, 0) is 6.54 Å². The molecule has 0 fully saturated rings. The summed E-state index contributed by atoms with van der Waals surface area (Å²) in [5.41, 5.74) is 0.686. The number of hydrogen-bond acceptors (Lipinski definition) is 4. The summed E-state index contributed by atoms with van der Waals surface area (Å²) in [6, 6.07) is 14.9. The van der Waals surface area contributed by atoms with Gasteiger partial charge in [-0.25, -0.2) is 4.98 Å². The minimum absolute atomic E-state index is 0.0373. The van der Waals surface area contributed by atoms with Crippen molar-refractivity contribution in [1.82, 2.24) is 9.55 Å². The molecule has 1 heterocycles. The summed E-state index contributed by atoms with van der Waals surface area (Å²) in [6.45, 7) is 5.22. The van der Waals surface area contributed by atoms with Crippen molar-refractivity contribution in [3.63, 3.8) is 0 Å². The molecule has 0 amide bonds. The Hall–Kier alpha value is -2.82. The van der Waals surface area contributed by atoms with Gasteiger partial charge in [-0.1, -0.05) is 18.2 Å². The zero-order valence-corrected chi connectivity index (χ0v) is 13.9. The molecule has 0 saturated heterocycles. The van der Waals surface area contributed by atoms with Gasteiger partial charge in [-0.3, -0.25) is 9.36 Å². The predicted molar refractivity (Wildman–Crippen MR) is 93.8 cm³/mol. The molecule has 1 aromatic heterocycles. The van der Waals surface area contributed by atoms with Crippen LogP contribution in [0.3, 0.4) is 0 Å². The Balaban J connectivity index is 1.74. The number of ether oxygens (including phenoxy) is 2. The van der Waals surface area contributed by atoms with Gasteiger partial charge in [-0.2, -0.15) is 0 Å². The monoisotopic (exact) mass is 324 g/mol. The van der Waals surface area contributed by atoms with Crippen molar-refractivity contribution in [1.29, 1.82) is 0 Å². The third-order valence-corrected chi connectivity index (χ3v) is 3.75. The molecule has 0 bridgehead atoms. The van der Waals surface area contributed by atoms with Gasteiger partial charge in [0, 0.05) is 6.07 Å². The summed E-state index contributed by atoms with van der Waals surface area (Å²) in [6.07, 6.45) is 0. The molecule has 2 aromatic carbocycles. The molecule has 24 heavy (non-hydrogen) atoms. The Labute approximate surface area is 140 Å². The molecule has 0 aliphatic carbocycles.